The molecule has 7 heteroatoms. The van der Waals surface area contributed by atoms with Gasteiger partial charge in [0.25, 0.3) is 11.8 Å². The zero-order valence-electron chi connectivity index (χ0n) is 22.8. The Labute approximate surface area is 230 Å². The number of carbonyl (C=O) groups excluding carboxylic acids is 2. The van der Waals surface area contributed by atoms with Crippen molar-refractivity contribution in [2.24, 2.45) is 0 Å². The van der Waals surface area contributed by atoms with Crippen molar-refractivity contribution >= 4 is 34.8 Å². The summed E-state index contributed by atoms with van der Waals surface area (Å²) in [6.45, 7) is 12.5. The molecule has 1 fully saturated rings. The lowest BCUT2D eigenvalue weighted by molar-refractivity contribution is -0.128. The second-order valence-electron chi connectivity index (χ2n) is 11.1. The SMILES string of the molecule is CC(C)(Oc1ccc(C(C)(C)C)cc1)C(=O)Nc1ccccc1N1CCN(C(=O)c2ccc(Cl)cc2)CC1. The maximum Gasteiger partial charge on any atom is 0.268 e. The van der Waals surface area contributed by atoms with Crippen LogP contribution in [0.2, 0.25) is 5.02 Å². The van der Waals surface area contributed by atoms with Gasteiger partial charge >= 0.3 is 0 Å². The van der Waals surface area contributed by atoms with Gasteiger partial charge in [-0.1, -0.05) is 56.6 Å². The van der Waals surface area contributed by atoms with Crippen LogP contribution in [0, 0.1) is 0 Å². The fourth-order valence-corrected chi connectivity index (χ4v) is 4.54. The summed E-state index contributed by atoms with van der Waals surface area (Å²) in [5.41, 5.74) is 2.44. The minimum Gasteiger partial charge on any atom is -0.478 e. The van der Waals surface area contributed by atoms with E-state index >= 15 is 0 Å². The molecule has 1 aliphatic heterocycles. The lowest BCUT2D eigenvalue weighted by Gasteiger charge is -2.37. The van der Waals surface area contributed by atoms with E-state index in [0.717, 1.165) is 11.4 Å². The Kier molecular flexibility index (Phi) is 8.02. The van der Waals surface area contributed by atoms with E-state index in [9.17, 15) is 9.59 Å². The zero-order valence-corrected chi connectivity index (χ0v) is 23.5. The predicted molar refractivity (Wildman–Crippen MR) is 154 cm³/mol. The highest BCUT2D eigenvalue weighted by atomic mass is 35.5. The van der Waals surface area contributed by atoms with E-state index in [-0.39, 0.29) is 17.2 Å². The van der Waals surface area contributed by atoms with E-state index in [4.69, 9.17) is 16.3 Å². The van der Waals surface area contributed by atoms with Crippen LogP contribution in [0.3, 0.4) is 0 Å². The van der Waals surface area contributed by atoms with Crippen molar-refractivity contribution in [1.82, 2.24) is 4.90 Å². The van der Waals surface area contributed by atoms with Crippen molar-refractivity contribution in [3.8, 4) is 5.75 Å². The highest BCUT2D eigenvalue weighted by molar-refractivity contribution is 6.30. The van der Waals surface area contributed by atoms with E-state index in [1.165, 1.54) is 5.56 Å². The molecule has 1 heterocycles. The molecule has 3 aromatic rings. The van der Waals surface area contributed by atoms with Gasteiger partial charge in [0, 0.05) is 36.8 Å². The van der Waals surface area contributed by atoms with E-state index in [2.05, 4.69) is 31.0 Å². The Morgan fingerprint density at radius 3 is 2.03 bits per heavy atom. The van der Waals surface area contributed by atoms with Gasteiger partial charge in [0.15, 0.2) is 5.60 Å². The van der Waals surface area contributed by atoms with Crippen LogP contribution >= 0.6 is 11.6 Å². The molecule has 0 atom stereocenters. The summed E-state index contributed by atoms with van der Waals surface area (Å²) in [5.74, 6) is 0.409. The molecule has 200 valence electrons. The molecule has 4 rings (SSSR count). The Morgan fingerprint density at radius 1 is 0.816 bits per heavy atom. The van der Waals surface area contributed by atoms with Crippen LogP contribution < -0.4 is 15.0 Å². The number of para-hydroxylation sites is 2. The van der Waals surface area contributed by atoms with Gasteiger partial charge in [-0.15, -0.1) is 0 Å². The molecule has 0 unspecified atom stereocenters. The average molecular weight is 534 g/mol. The summed E-state index contributed by atoms with van der Waals surface area (Å²) in [7, 11) is 0. The van der Waals surface area contributed by atoms with Crippen LogP contribution in [0.4, 0.5) is 11.4 Å². The molecule has 0 radical (unpaired) electrons. The minimum absolute atomic E-state index is 0.00247. The summed E-state index contributed by atoms with van der Waals surface area (Å²) in [6.07, 6.45) is 0. The number of rotatable bonds is 6. The summed E-state index contributed by atoms with van der Waals surface area (Å²) in [5, 5.41) is 3.68. The van der Waals surface area contributed by atoms with Crippen molar-refractivity contribution in [3.05, 3.63) is 88.9 Å². The molecule has 3 aromatic carbocycles. The molecule has 6 nitrogen and oxygen atoms in total. The lowest BCUT2D eigenvalue weighted by Crippen LogP contribution is -2.49. The van der Waals surface area contributed by atoms with Gasteiger partial charge in [-0.3, -0.25) is 9.59 Å². The summed E-state index contributed by atoms with van der Waals surface area (Å²) in [4.78, 5) is 30.2. The standard InChI is InChI=1S/C31H36ClN3O3/c1-30(2,3)23-12-16-25(17-13-23)38-31(4,5)29(37)33-26-8-6-7-9-27(26)34-18-20-35(21-19-34)28(36)22-10-14-24(32)15-11-22/h6-17H,18-21H2,1-5H3,(H,33,37). The van der Waals surface area contributed by atoms with Crippen LogP contribution in [0.5, 0.6) is 5.75 Å². The topological polar surface area (TPSA) is 61.9 Å². The molecule has 1 aliphatic rings. The van der Waals surface area contributed by atoms with E-state index in [1.807, 2.05) is 53.4 Å². The van der Waals surface area contributed by atoms with E-state index < -0.39 is 5.60 Å². The first kappa shape index (κ1) is 27.5. The number of amides is 2. The molecule has 38 heavy (non-hydrogen) atoms. The van der Waals surface area contributed by atoms with Gasteiger partial charge in [-0.25, -0.2) is 0 Å². The van der Waals surface area contributed by atoms with Crippen LogP contribution in [-0.2, 0) is 10.2 Å². The maximum atomic E-state index is 13.3. The number of halogens is 1. The average Bonchev–Trinajstić information content (AvgIpc) is 2.89. The van der Waals surface area contributed by atoms with Crippen LogP contribution in [-0.4, -0.2) is 48.5 Å². The second kappa shape index (κ2) is 11.1. The van der Waals surface area contributed by atoms with Gasteiger partial charge in [-0.05, 0) is 73.4 Å². The van der Waals surface area contributed by atoms with Crippen LogP contribution in [0.25, 0.3) is 0 Å². The maximum absolute atomic E-state index is 13.3. The van der Waals surface area contributed by atoms with Crippen molar-refractivity contribution in [1.29, 1.82) is 0 Å². The van der Waals surface area contributed by atoms with Crippen LogP contribution in [0.15, 0.2) is 72.8 Å². The Balaban J connectivity index is 1.40. The highest BCUT2D eigenvalue weighted by Gasteiger charge is 2.31. The summed E-state index contributed by atoms with van der Waals surface area (Å²) in [6, 6.07) is 22.6. The van der Waals surface area contributed by atoms with E-state index in [0.29, 0.717) is 42.5 Å². The number of hydrogen-bond acceptors (Lipinski definition) is 4. The Hall–Kier alpha value is -3.51. The number of carbonyl (C=O) groups is 2. The number of benzene rings is 3. The van der Waals surface area contributed by atoms with Gasteiger partial charge < -0.3 is 19.9 Å². The number of ether oxygens (including phenoxy) is 1. The fourth-order valence-electron chi connectivity index (χ4n) is 4.42. The molecule has 0 bridgehead atoms. The third kappa shape index (κ3) is 6.48. The first-order chi connectivity index (χ1) is 17.9. The summed E-state index contributed by atoms with van der Waals surface area (Å²) < 4.78 is 6.10. The second-order valence-corrected chi connectivity index (χ2v) is 11.6. The molecule has 0 spiro atoms. The molecular formula is C31H36ClN3O3. The van der Waals surface area contributed by atoms with Gasteiger partial charge in [-0.2, -0.15) is 0 Å². The highest BCUT2D eigenvalue weighted by Crippen LogP contribution is 2.30. The number of nitrogens with one attached hydrogen (secondary N) is 1. The lowest BCUT2D eigenvalue weighted by atomic mass is 9.87. The monoisotopic (exact) mass is 533 g/mol. The predicted octanol–water partition coefficient (Wildman–Crippen LogP) is 6.40. The Bertz CT molecular complexity index is 1270. The molecule has 0 aromatic heterocycles. The number of nitrogens with zero attached hydrogens (tertiary/aromatic N) is 2. The minimum atomic E-state index is -1.08. The van der Waals surface area contributed by atoms with Gasteiger partial charge in [0.05, 0.1) is 11.4 Å². The van der Waals surface area contributed by atoms with E-state index in [1.54, 1.807) is 38.1 Å². The number of piperazine rings is 1. The van der Waals surface area contributed by atoms with Crippen molar-refractivity contribution in [2.75, 3.05) is 36.4 Å². The normalized spacial score (nSPS) is 14.3. The first-order valence-electron chi connectivity index (χ1n) is 12.9. The quantitative estimate of drug-likeness (QED) is 0.398. The van der Waals surface area contributed by atoms with Gasteiger partial charge in [0.1, 0.15) is 5.75 Å². The molecule has 2 amide bonds. The van der Waals surface area contributed by atoms with Crippen molar-refractivity contribution in [2.45, 2.75) is 45.6 Å². The van der Waals surface area contributed by atoms with Crippen molar-refractivity contribution < 1.29 is 14.3 Å². The summed E-state index contributed by atoms with van der Waals surface area (Å²) >= 11 is 5.96. The fraction of sp³-hybridized carbons (Fsp3) is 0.355. The van der Waals surface area contributed by atoms with Gasteiger partial charge in [0.2, 0.25) is 0 Å². The van der Waals surface area contributed by atoms with Crippen molar-refractivity contribution in [3.63, 3.8) is 0 Å². The zero-order chi connectivity index (χ0) is 27.5. The first-order valence-corrected chi connectivity index (χ1v) is 13.3. The Morgan fingerprint density at radius 2 is 1.42 bits per heavy atom. The third-order valence-corrected chi connectivity index (χ3v) is 7.04. The third-order valence-electron chi connectivity index (χ3n) is 6.79. The largest absolute Gasteiger partial charge is 0.478 e. The molecular weight excluding hydrogens is 498 g/mol. The molecule has 0 saturated carbocycles. The number of anilines is 2. The molecule has 1 saturated heterocycles. The number of hydrogen-bond donors (Lipinski definition) is 1. The molecule has 0 aliphatic carbocycles. The molecule has 1 N–H and O–H groups in total. The smallest absolute Gasteiger partial charge is 0.268 e. The van der Waals surface area contributed by atoms with Crippen LogP contribution in [0.1, 0.15) is 50.5 Å².